The van der Waals surface area contributed by atoms with Crippen LogP contribution in [-0.4, -0.2) is 14.9 Å². The minimum atomic E-state index is -0.0811. The van der Waals surface area contributed by atoms with Crippen LogP contribution < -0.4 is 5.62 Å². The summed E-state index contributed by atoms with van der Waals surface area (Å²) in [7, 11) is 1.82. The molecule has 0 radical (unpaired) electrons. The number of carbonyl (C=O) groups is 1. The van der Waals surface area contributed by atoms with Crippen LogP contribution in [0.1, 0.15) is 10.4 Å². The van der Waals surface area contributed by atoms with Crippen LogP contribution in [0.25, 0.3) is 11.3 Å². The van der Waals surface area contributed by atoms with E-state index in [0.29, 0.717) is 10.6 Å². The summed E-state index contributed by atoms with van der Waals surface area (Å²) in [5, 5.41) is 8.78. The van der Waals surface area contributed by atoms with Gasteiger partial charge in [0.15, 0.2) is 5.78 Å². The molecule has 0 aliphatic rings. The third-order valence-electron chi connectivity index (χ3n) is 3.81. The second-order valence-corrected chi connectivity index (χ2v) is 6.82. The van der Waals surface area contributed by atoms with Crippen molar-refractivity contribution >= 4 is 33.3 Å². The number of aromatic nitrogens is 2. The summed E-state index contributed by atoms with van der Waals surface area (Å²) in [5.41, 5.74) is 2.66. The smallest absolute Gasteiger partial charge is 0.202 e. The van der Waals surface area contributed by atoms with Crippen molar-refractivity contribution < 1.29 is 4.79 Å². The van der Waals surface area contributed by atoms with Crippen LogP contribution in [0.15, 0.2) is 59.2 Å². The maximum Gasteiger partial charge on any atom is 0.202 e. The molecule has 0 atom stereocenters. The van der Waals surface area contributed by atoms with E-state index in [0.717, 1.165) is 15.7 Å². The maximum absolute atomic E-state index is 12.5. The van der Waals surface area contributed by atoms with E-state index >= 15 is 0 Å². The number of imidazole rings is 1. The van der Waals surface area contributed by atoms with Gasteiger partial charge in [-0.3, -0.25) is 10.2 Å². The lowest BCUT2D eigenvalue weighted by molar-refractivity contribution is 0.0970. The lowest BCUT2D eigenvalue weighted by Gasteiger charge is -2.02. The summed E-state index contributed by atoms with van der Waals surface area (Å²) >= 11 is 9.40. The third-order valence-corrected chi connectivity index (χ3v) is 4.54. The van der Waals surface area contributed by atoms with E-state index in [4.69, 9.17) is 17.0 Å². The van der Waals surface area contributed by atoms with Crippen molar-refractivity contribution in [3.8, 4) is 11.3 Å². The monoisotopic (exact) mass is 403 g/mol. The van der Waals surface area contributed by atoms with E-state index < -0.39 is 0 Å². The maximum atomic E-state index is 12.5. The lowest BCUT2D eigenvalue weighted by Crippen LogP contribution is -2.25. The molecule has 0 unspecified atom stereocenters. The van der Waals surface area contributed by atoms with E-state index in [1.165, 1.54) is 0 Å². The van der Waals surface area contributed by atoms with Gasteiger partial charge in [-0.1, -0.05) is 51.8 Å². The van der Waals surface area contributed by atoms with Gasteiger partial charge in [0.05, 0.1) is 12.2 Å². The third kappa shape index (κ3) is 3.37. The molecule has 0 fully saturated rings. The van der Waals surface area contributed by atoms with Crippen molar-refractivity contribution in [3.63, 3.8) is 0 Å². The van der Waals surface area contributed by atoms with Crippen molar-refractivity contribution in [1.29, 1.82) is 5.41 Å². The Balaban J connectivity index is 1.94. The Morgan fingerprint density at radius 3 is 2.67 bits per heavy atom. The molecular formula is C18H15BrClN3O. The van der Waals surface area contributed by atoms with Crippen LogP contribution in [0.2, 0.25) is 5.02 Å². The van der Waals surface area contributed by atoms with Crippen molar-refractivity contribution in [3.05, 3.63) is 75.4 Å². The first kappa shape index (κ1) is 16.7. The number of hydrogen-bond acceptors (Lipinski definition) is 2. The highest BCUT2D eigenvalue weighted by molar-refractivity contribution is 9.10. The normalized spacial score (nSPS) is 10.8. The predicted molar refractivity (Wildman–Crippen MR) is 98.2 cm³/mol. The Labute approximate surface area is 153 Å². The minimum Gasteiger partial charge on any atom is -0.314 e. The van der Waals surface area contributed by atoms with E-state index in [-0.39, 0.29) is 17.9 Å². The zero-order valence-electron chi connectivity index (χ0n) is 13.0. The summed E-state index contributed by atoms with van der Waals surface area (Å²) < 4.78 is 4.36. The highest BCUT2D eigenvalue weighted by atomic mass is 79.9. The van der Waals surface area contributed by atoms with Crippen molar-refractivity contribution in [2.24, 2.45) is 7.05 Å². The van der Waals surface area contributed by atoms with Gasteiger partial charge in [-0.25, -0.2) is 0 Å². The summed E-state index contributed by atoms with van der Waals surface area (Å²) in [6.07, 6.45) is 1.83. The Bertz CT molecular complexity index is 974. The standard InChI is InChI=1S/C18H15BrClN3O/c1-22-16(12-4-2-6-14(19)8-12)10-23(18(22)21)11-17(24)13-5-3-7-15(20)9-13/h2-10,21H,11H2,1H3. The second kappa shape index (κ2) is 6.79. The molecule has 0 aliphatic carbocycles. The lowest BCUT2D eigenvalue weighted by atomic mass is 10.1. The van der Waals surface area contributed by atoms with Crippen LogP contribution in [-0.2, 0) is 13.6 Å². The fourth-order valence-corrected chi connectivity index (χ4v) is 3.14. The highest BCUT2D eigenvalue weighted by Gasteiger charge is 2.12. The summed E-state index contributed by atoms with van der Waals surface area (Å²) in [4.78, 5) is 12.5. The molecule has 1 aromatic heterocycles. The van der Waals surface area contributed by atoms with E-state index in [2.05, 4.69) is 15.9 Å². The van der Waals surface area contributed by atoms with Crippen molar-refractivity contribution in [2.45, 2.75) is 6.54 Å². The highest BCUT2D eigenvalue weighted by Crippen LogP contribution is 2.22. The molecule has 0 saturated carbocycles. The van der Waals surface area contributed by atoms with Gasteiger partial charge >= 0.3 is 0 Å². The molecule has 2 aromatic carbocycles. The molecule has 0 amide bonds. The summed E-state index contributed by atoms with van der Waals surface area (Å²) in [5.74, 6) is -0.0811. The SMILES string of the molecule is Cn1c(-c2cccc(Br)c2)cn(CC(=O)c2cccc(Cl)c2)c1=N. The van der Waals surface area contributed by atoms with Crippen LogP contribution in [0.5, 0.6) is 0 Å². The van der Waals surface area contributed by atoms with E-state index in [1.54, 1.807) is 33.4 Å². The van der Waals surface area contributed by atoms with Crippen molar-refractivity contribution in [1.82, 2.24) is 9.13 Å². The average molecular weight is 405 g/mol. The molecule has 3 aromatic rings. The quantitative estimate of drug-likeness (QED) is 0.649. The van der Waals surface area contributed by atoms with Gasteiger partial charge < -0.3 is 9.13 Å². The molecule has 6 heteroatoms. The average Bonchev–Trinajstić information content (AvgIpc) is 2.83. The van der Waals surface area contributed by atoms with Crippen molar-refractivity contribution in [2.75, 3.05) is 0 Å². The first-order valence-corrected chi connectivity index (χ1v) is 8.48. The molecule has 1 N–H and O–H groups in total. The van der Waals surface area contributed by atoms with E-state index in [1.807, 2.05) is 37.5 Å². The fourth-order valence-electron chi connectivity index (χ4n) is 2.55. The van der Waals surface area contributed by atoms with Gasteiger partial charge in [0.1, 0.15) is 0 Å². The number of ketones is 1. The zero-order valence-corrected chi connectivity index (χ0v) is 15.3. The molecule has 4 nitrogen and oxygen atoms in total. The summed E-state index contributed by atoms with van der Waals surface area (Å²) in [6, 6.07) is 14.7. The summed E-state index contributed by atoms with van der Waals surface area (Å²) in [6.45, 7) is 0.0982. The predicted octanol–water partition coefficient (Wildman–Crippen LogP) is 4.27. The fraction of sp³-hybridized carbons (Fsp3) is 0.111. The number of benzene rings is 2. The topological polar surface area (TPSA) is 50.8 Å². The van der Waals surface area contributed by atoms with Crippen LogP contribution in [0.3, 0.4) is 0 Å². The number of rotatable bonds is 4. The molecule has 0 bridgehead atoms. The Kier molecular flexibility index (Phi) is 4.73. The second-order valence-electron chi connectivity index (χ2n) is 5.47. The van der Waals surface area contributed by atoms with Crippen LogP contribution in [0, 0.1) is 5.41 Å². The first-order valence-electron chi connectivity index (χ1n) is 7.31. The van der Waals surface area contributed by atoms with Gasteiger partial charge in [0, 0.05) is 33.9 Å². The van der Waals surface area contributed by atoms with E-state index in [9.17, 15) is 4.79 Å². The molecule has 0 spiro atoms. The number of Topliss-reactive ketones (excluding diaryl/α,β-unsaturated/α-hetero) is 1. The van der Waals surface area contributed by atoms with Gasteiger partial charge in [0.25, 0.3) is 0 Å². The number of nitrogens with one attached hydrogen (secondary N) is 1. The van der Waals surface area contributed by atoms with Gasteiger partial charge in [-0.05, 0) is 24.3 Å². The Hall–Kier alpha value is -2.11. The Morgan fingerprint density at radius 1 is 1.21 bits per heavy atom. The largest absolute Gasteiger partial charge is 0.314 e. The molecule has 122 valence electrons. The molecule has 0 aliphatic heterocycles. The number of nitrogens with zero attached hydrogens (tertiary/aromatic N) is 2. The molecule has 24 heavy (non-hydrogen) atoms. The minimum absolute atomic E-state index is 0.0811. The van der Waals surface area contributed by atoms with Crippen LogP contribution >= 0.6 is 27.5 Å². The molecule has 1 heterocycles. The first-order chi connectivity index (χ1) is 11.5. The van der Waals surface area contributed by atoms with Gasteiger partial charge in [-0.15, -0.1) is 0 Å². The Morgan fingerprint density at radius 2 is 1.96 bits per heavy atom. The van der Waals surface area contributed by atoms with Crippen LogP contribution in [0.4, 0.5) is 0 Å². The molecule has 0 saturated heterocycles. The van der Waals surface area contributed by atoms with Gasteiger partial charge in [-0.2, -0.15) is 0 Å². The molecule has 3 rings (SSSR count). The number of hydrogen-bond donors (Lipinski definition) is 1. The van der Waals surface area contributed by atoms with Gasteiger partial charge in [0.2, 0.25) is 5.62 Å². The number of carbonyl (C=O) groups excluding carboxylic acids is 1. The zero-order chi connectivity index (χ0) is 17.3. The molecular weight excluding hydrogens is 390 g/mol. The number of halogens is 2.